The Morgan fingerprint density at radius 3 is 1.30 bits per heavy atom. The van der Waals surface area contributed by atoms with Gasteiger partial charge >= 0.3 is 20.2 Å². The molecule has 0 aliphatic heterocycles. The molecule has 0 aromatic heterocycles. The van der Waals surface area contributed by atoms with Gasteiger partial charge in [-0.1, -0.05) is 66.7 Å². The summed E-state index contributed by atoms with van der Waals surface area (Å²) in [7, 11) is 2.89. The van der Waals surface area contributed by atoms with Gasteiger partial charge in [-0.15, -0.1) is 0 Å². The van der Waals surface area contributed by atoms with E-state index in [0.29, 0.717) is 44.9 Å². The lowest BCUT2D eigenvalue weighted by molar-refractivity contribution is 0.290. The monoisotopic (exact) mass is 980 g/mol. The first kappa shape index (κ1) is 51.1. The highest BCUT2D eigenvalue weighted by Crippen LogP contribution is 2.48. The molecule has 362 valence electrons. The molecule has 0 amide bonds. The zero-order valence-corrected chi connectivity index (χ0v) is 41.6. The van der Waals surface area contributed by atoms with Crippen LogP contribution in [0.4, 0.5) is 20.2 Å². The standard InChI is InChI=1S/C30H30FNO5S.C23H24FNO5S/c1-20-25(22-11-14-24(15-12-22)32(2)3)18-28(35-4)29(30(20)37-38(5,33)34)23-13-16-27(26(31)17-23)36-19-21-9-7-6-8-10-21;1-14-18(15-6-9-17(10-7-15)25(2)3)13-21(29-4)22(23(14)30-31(5,27)28)16-8-11-20(26)19(24)12-16/h6-18H,19H2,1-5H3;6-13,26H,1-5H3. The molecule has 0 saturated heterocycles. The molecule has 0 heterocycles. The second-order valence-electron chi connectivity index (χ2n) is 16.5. The van der Waals surface area contributed by atoms with Gasteiger partial charge in [0.1, 0.15) is 18.1 Å². The second kappa shape index (κ2) is 21.3. The average Bonchev–Trinajstić information content (AvgIpc) is 3.30. The van der Waals surface area contributed by atoms with E-state index < -0.39 is 37.6 Å². The predicted octanol–water partition coefficient (Wildman–Crippen LogP) is 11.0. The molecule has 0 fully saturated rings. The summed E-state index contributed by atoms with van der Waals surface area (Å²) in [6, 6.07) is 36.8. The van der Waals surface area contributed by atoms with Gasteiger partial charge in [0.2, 0.25) is 0 Å². The number of ether oxygens (including phenoxy) is 3. The third kappa shape index (κ3) is 12.4. The van der Waals surface area contributed by atoms with E-state index in [1.165, 1.54) is 38.5 Å². The molecular formula is C53H54F2N2O10S2. The minimum absolute atomic E-state index is 0.0404. The van der Waals surface area contributed by atoms with Crippen molar-refractivity contribution in [1.82, 2.24) is 0 Å². The lowest BCUT2D eigenvalue weighted by Gasteiger charge is -2.20. The number of hydrogen-bond donors (Lipinski definition) is 1. The molecule has 12 nitrogen and oxygen atoms in total. The highest BCUT2D eigenvalue weighted by Gasteiger charge is 2.26. The topological polar surface area (TPSA) is 141 Å². The molecule has 0 spiro atoms. The molecule has 7 aromatic rings. The molecule has 0 aliphatic rings. The van der Waals surface area contributed by atoms with Crippen LogP contribution in [0.2, 0.25) is 0 Å². The number of methoxy groups -OCH3 is 2. The number of benzene rings is 7. The van der Waals surface area contributed by atoms with Gasteiger partial charge in [0, 0.05) is 50.7 Å². The summed E-state index contributed by atoms with van der Waals surface area (Å²) < 4.78 is 106. The van der Waals surface area contributed by atoms with E-state index in [0.717, 1.165) is 52.2 Å². The van der Waals surface area contributed by atoms with Crippen molar-refractivity contribution >= 4 is 31.6 Å². The summed E-state index contributed by atoms with van der Waals surface area (Å²) >= 11 is 0. The molecule has 7 rings (SSSR count). The van der Waals surface area contributed by atoms with Crippen molar-refractivity contribution in [3.63, 3.8) is 0 Å². The van der Waals surface area contributed by atoms with Crippen LogP contribution in [0.5, 0.6) is 34.5 Å². The second-order valence-corrected chi connectivity index (χ2v) is 19.6. The van der Waals surface area contributed by atoms with Crippen molar-refractivity contribution in [2.75, 3.05) is 64.7 Å². The van der Waals surface area contributed by atoms with Gasteiger partial charge in [0.25, 0.3) is 0 Å². The van der Waals surface area contributed by atoms with Gasteiger partial charge in [0.05, 0.1) is 37.9 Å². The number of anilines is 2. The Labute approximate surface area is 403 Å². The maximum absolute atomic E-state index is 15.2. The van der Waals surface area contributed by atoms with Crippen molar-refractivity contribution in [3.05, 3.63) is 156 Å². The minimum Gasteiger partial charge on any atom is -0.505 e. The first-order valence-corrected chi connectivity index (χ1v) is 25.0. The molecule has 0 saturated carbocycles. The van der Waals surface area contributed by atoms with E-state index in [1.807, 2.05) is 123 Å². The van der Waals surface area contributed by atoms with Gasteiger partial charge in [0.15, 0.2) is 34.6 Å². The van der Waals surface area contributed by atoms with Crippen LogP contribution >= 0.6 is 0 Å². The fraction of sp³-hybridized carbons (Fsp3) is 0.208. The fourth-order valence-corrected chi connectivity index (χ4v) is 8.52. The molecule has 7 aromatic carbocycles. The number of halogens is 2. The van der Waals surface area contributed by atoms with E-state index in [2.05, 4.69) is 0 Å². The van der Waals surface area contributed by atoms with Crippen molar-refractivity contribution in [2.24, 2.45) is 0 Å². The molecule has 0 atom stereocenters. The third-order valence-corrected chi connectivity index (χ3v) is 11.9. The van der Waals surface area contributed by atoms with Crippen molar-refractivity contribution in [1.29, 1.82) is 0 Å². The summed E-state index contributed by atoms with van der Waals surface area (Å²) in [6.07, 6.45) is 1.92. The molecule has 0 radical (unpaired) electrons. The molecule has 0 unspecified atom stereocenters. The van der Waals surface area contributed by atoms with Crippen LogP contribution in [0.15, 0.2) is 127 Å². The molecule has 69 heavy (non-hydrogen) atoms. The van der Waals surface area contributed by atoms with Crippen LogP contribution in [0.1, 0.15) is 16.7 Å². The lowest BCUT2D eigenvalue weighted by Crippen LogP contribution is -2.10. The van der Waals surface area contributed by atoms with E-state index >= 15 is 4.39 Å². The van der Waals surface area contributed by atoms with Gasteiger partial charge in [-0.2, -0.15) is 16.8 Å². The van der Waals surface area contributed by atoms with Crippen molar-refractivity contribution in [2.45, 2.75) is 20.5 Å². The number of nitrogens with zero attached hydrogens (tertiary/aromatic N) is 2. The molecule has 0 bridgehead atoms. The summed E-state index contributed by atoms with van der Waals surface area (Å²) in [5, 5.41) is 9.54. The van der Waals surface area contributed by atoms with Gasteiger partial charge in [-0.05, 0) is 113 Å². The summed E-state index contributed by atoms with van der Waals surface area (Å²) in [6.45, 7) is 3.71. The summed E-state index contributed by atoms with van der Waals surface area (Å²) in [4.78, 5) is 3.96. The van der Waals surface area contributed by atoms with E-state index in [-0.39, 0.29) is 29.4 Å². The highest BCUT2D eigenvalue weighted by molar-refractivity contribution is 7.86. The van der Waals surface area contributed by atoms with Gasteiger partial charge < -0.3 is 37.5 Å². The largest absolute Gasteiger partial charge is 0.505 e. The smallest absolute Gasteiger partial charge is 0.306 e. The quantitative estimate of drug-likeness (QED) is 0.0978. The molecule has 16 heteroatoms. The molecular weight excluding hydrogens is 927 g/mol. The van der Waals surface area contributed by atoms with Crippen molar-refractivity contribution < 1.29 is 53.3 Å². The number of phenolic OH excluding ortho intramolecular Hbond substituents is 1. The highest BCUT2D eigenvalue weighted by atomic mass is 32.2. The Morgan fingerprint density at radius 2 is 0.928 bits per heavy atom. The Morgan fingerprint density at radius 1 is 0.522 bits per heavy atom. The predicted molar refractivity (Wildman–Crippen MR) is 269 cm³/mol. The van der Waals surface area contributed by atoms with Gasteiger partial charge in [-0.3, -0.25) is 0 Å². The first-order valence-electron chi connectivity index (χ1n) is 21.3. The van der Waals surface area contributed by atoms with Crippen molar-refractivity contribution in [3.8, 4) is 79.0 Å². The zero-order chi connectivity index (χ0) is 50.4. The third-order valence-electron chi connectivity index (χ3n) is 11.0. The van der Waals surface area contributed by atoms with Crippen LogP contribution in [0.3, 0.4) is 0 Å². The number of aromatic hydroxyl groups is 1. The summed E-state index contributed by atoms with van der Waals surface area (Å²) in [5.74, 6) is -1.09. The Bertz CT molecular complexity index is 3190. The van der Waals surface area contributed by atoms with E-state index in [9.17, 15) is 26.3 Å². The van der Waals surface area contributed by atoms with Crippen LogP contribution in [-0.2, 0) is 26.8 Å². The fourth-order valence-electron chi connectivity index (χ4n) is 7.50. The Hall–Kier alpha value is -7.30. The average molecular weight is 981 g/mol. The molecule has 1 N–H and O–H groups in total. The van der Waals surface area contributed by atoms with Crippen LogP contribution in [0.25, 0.3) is 44.5 Å². The zero-order valence-electron chi connectivity index (χ0n) is 39.9. The van der Waals surface area contributed by atoms with Gasteiger partial charge in [-0.25, -0.2) is 8.78 Å². The number of phenols is 1. The Kier molecular flexibility index (Phi) is 15.8. The normalized spacial score (nSPS) is 11.2. The number of hydrogen-bond acceptors (Lipinski definition) is 12. The first-order chi connectivity index (χ1) is 32.6. The maximum atomic E-state index is 15.2. The Balaban J connectivity index is 0.000000232. The maximum Gasteiger partial charge on any atom is 0.306 e. The van der Waals surface area contributed by atoms with Crippen LogP contribution < -0.4 is 32.4 Å². The van der Waals surface area contributed by atoms with Crippen LogP contribution in [-0.4, -0.2) is 76.9 Å². The lowest BCUT2D eigenvalue weighted by atomic mass is 9.93. The van der Waals surface area contributed by atoms with E-state index in [4.69, 9.17) is 22.6 Å². The van der Waals surface area contributed by atoms with E-state index in [1.54, 1.807) is 26.0 Å². The minimum atomic E-state index is -3.91. The summed E-state index contributed by atoms with van der Waals surface area (Å²) in [5.41, 5.74) is 8.51. The SMILES string of the molecule is COc1cc(-c2ccc(N(C)C)cc2)c(C)c(OS(C)(=O)=O)c1-c1ccc(O)c(F)c1.COc1cc(-c2ccc(N(C)C)cc2)c(C)c(OS(C)(=O)=O)c1-c1ccc(OCc2ccccc2)c(F)c1. The number of rotatable bonds is 15. The van der Waals surface area contributed by atoms with Crippen LogP contribution in [0, 0.1) is 25.5 Å². The molecule has 0 aliphatic carbocycles.